The largest absolute Gasteiger partial charge is 0.477 e. The summed E-state index contributed by atoms with van der Waals surface area (Å²) in [7, 11) is -3.58. The predicted octanol–water partition coefficient (Wildman–Crippen LogP) is 1.52. The van der Waals surface area contributed by atoms with Gasteiger partial charge >= 0.3 is 5.97 Å². The summed E-state index contributed by atoms with van der Waals surface area (Å²) in [6.45, 7) is 3.97. The van der Waals surface area contributed by atoms with Crippen LogP contribution >= 0.6 is 11.3 Å². The predicted molar refractivity (Wildman–Crippen MR) is 63.8 cm³/mol. The van der Waals surface area contributed by atoms with Crippen LogP contribution in [0, 0.1) is 5.41 Å². The van der Waals surface area contributed by atoms with Crippen molar-refractivity contribution in [2.45, 2.75) is 31.2 Å². The summed E-state index contributed by atoms with van der Waals surface area (Å²) in [5.74, 6) is -1.11. The first-order valence-corrected chi connectivity index (χ1v) is 7.43. The summed E-state index contributed by atoms with van der Waals surface area (Å²) in [5.41, 5.74) is -0.00127. The number of sulfonamides is 1. The quantitative estimate of drug-likeness (QED) is 0.872. The van der Waals surface area contributed by atoms with Crippen molar-refractivity contribution in [3.63, 3.8) is 0 Å². The molecule has 1 aromatic heterocycles. The van der Waals surface area contributed by atoms with Gasteiger partial charge in [-0.3, -0.25) is 0 Å². The van der Waals surface area contributed by atoms with Gasteiger partial charge in [-0.2, -0.15) is 0 Å². The lowest BCUT2D eigenvalue weighted by Crippen LogP contribution is -2.28. The van der Waals surface area contributed by atoms with Crippen molar-refractivity contribution in [3.05, 3.63) is 16.3 Å². The average molecular weight is 275 g/mol. The third kappa shape index (κ3) is 2.51. The van der Waals surface area contributed by atoms with E-state index >= 15 is 0 Å². The number of rotatable bonds is 4. The van der Waals surface area contributed by atoms with Crippen LogP contribution in [0.15, 0.2) is 16.3 Å². The zero-order valence-electron chi connectivity index (χ0n) is 9.43. The van der Waals surface area contributed by atoms with Crippen LogP contribution in [0.2, 0.25) is 0 Å². The van der Waals surface area contributed by atoms with Crippen LogP contribution in [0.4, 0.5) is 0 Å². The molecule has 1 aliphatic rings. The highest BCUT2D eigenvalue weighted by atomic mass is 32.2. The molecular weight excluding hydrogens is 262 g/mol. The van der Waals surface area contributed by atoms with Gasteiger partial charge in [0.05, 0.1) is 4.90 Å². The molecule has 94 valence electrons. The van der Waals surface area contributed by atoms with Gasteiger partial charge in [-0.15, -0.1) is 11.3 Å². The molecule has 0 aliphatic heterocycles. The number of carbonyl (C=O) groups is 1. The SMILES string of the molecule is CC1(C)CC1NS(=O)(=O)c1csc(C(=O)O)c1. The molecule has 7 heteroatoms. The Morgan fingerprint density at radius 1 is 1.59 bits per heavy atom. The van der Waals surface area contributed by atoms with Crippen molar-refractivity contribution in [3.8, 4) is 0 Å². The molecule has 1 fully saturated rings. The fourth-order valence-corrected chi connectivity index (χ4v) is 4.01. The summed E-state index contributed by atoms with van der Waals surface area (Å²) in [5, 5.41) is 10.1. The minimum Gasteiger partial charge on any atom is -0.477 e. The van der Waals surface area contributed by atoms with Crippen molar-refractivity contribution < 1.29 is 18.3 Å². The van der Waals surface area contributed by atoms with Gasteiger partial charge in [0, 0.05) is 11.4 Å². The van der Waals surface area contributed by atoms with Gasteiger partial charge in [-0.25, -0.2) is 17.9 Å². The monoisotopic (exact) mass is 275 g/mol. The first-order valence-electron chi connectivity index (χ1n) is 5.06. The number of carboxylic acid groups (broad SMARTS) is 1. The molecule has 17 heavy (non-hydrogen) atoms. The Hall–Kier alpha value is -0.920. The Labute approximate surface area is 104 Å². The Balaban J connectivity index is 2.17. The van der Waals surface area contributed by atoms with Crippen LogP contribution in [-0.4, -0.2) is 25.5 Å². The van der Waals surface area contributed by atoms with Crippen molar-refractivity contribution in [2.24, 2.45) is 5.41 Å². The second-order valence-electron chi connectivity index (χ2n) is 4.82. The molecule has 1 heterocycles. The first kappa shape index (κ1) is 12.5. The van der Waals surface area contributed by atoms with Gasteiger partial charge < -0.3 is 5.11 Å². The van der Waals surface area contributed by atoms with Crippen LogP contribution in [0.3, 0.4) is 0 Å². The lowest BCUT2D eigenvalue weighted by molar-refractivity contribution is 0.0702. The second-order valence-corrected chi connectivity index (χ2v) is 7.44. The molecule has 1 unspecified atom stereocenters. The average Bonchev–Trinajstić information content (AvgIpc) is 2.68. The molecule has 0 amide bonds. The van der Waals surface area contributed by atoms with E-state index in [4.69, 9.17) is 5.11 Å². The third-order valence-electron chi connectivity index (χ3n) is 2.91. The zero-order valence-corrected chi connectivity index (χ0v) is 11.1. The van der Waals surface area contributed by atoms with E-state index in [1.165, 1.54) is 11.4 Å². The van der Waals surface area contributed by atoms with E-state index in [0.29, 0.717) is 0 Å². The number of nitrogens with one attached hydrogen (secondary N) is 1. The molecule has 0 radical (unpaired) electrons. The maximum atomic E-state index is 11.9. The molecule has 5 nitrogen and oxygen atoms in total. The fourth-order valence-electron chi connectivity index (χ4n) is 1.50. The van der Waals surface area contributed by atoms with Gasteiger partial charge in [-0.05, 0) is 17.9 Å². The van der Waals surface area contributed by atoms with E-state index < -0.39 is 16.0 Å². The smallest absolute Gasteiger partial charge is 0.345 e. The Morgan fingerprint density at radius 2 is 2.18 bits per heavy atom. The number of aromatic carboxylic acids is 1. The van der Waals surface area contributed by atoms with Gasteiger partial charge in [0.25, 0.3) is 0 Å². The van der Waals surface area contributed by atoms with E-state index in [1.54, 1.807) is 0 Å². The first-order chi connectivity index (χ1) is 7.72. The van der Waals surface area contributed by atoms with Gasteiger partial charge in [0.15, 0.2) is 0 Å². The molecule has 1 atom stereocenters. The second kappa shape index (κ2) is 3.79. The normalized spacial score (nSPS) is 22.4. The number of hydrogen-bond donors (Lipinski definition) is 2. The van der Waals surface area contributed by atoms with E-state index in [2.05, 4.69) is 4.72 Å². The molecule has 0 bridgehead atoms. The summed E-state index contributed by atoms with van der Waals surface area (Å²) in [4.78, 5) is 10.7. The highest BCUT2D eigenvalue weighted by molar-refractivity contribution is 7.89. The molecule has 1 saturated carbocycles. The topological polar surface area (TPSA) is 83.5 Å². The summed E-state index contributed by atoms with van der Waals surface area (Å²) >= 11 is 0.913. The summed E-state index contributed by atoms with van der Waals surface area (Å²) in [6.07, 6.45) is 0.808. The minimum atomic E-state index is -3.58. The molecule has 2 N–H and O–H groups in total. The molecule has 0 aromatic carbocycles. The van der Waals surface area contributed by atoms with Gasteiger partial charge in [-0.1, -0.05) is 13.8 Å². The third-order valence-corrected chi connectivity index (χ3v) is 5.43. The Morgan fingerprint density at radius 3 is 2.59 bits per heavy atom. The summed E-state index contributed by atoms with van der Waals surface area (Å²) in [6, 6.07) is 1.13. The molecule has 2 rings (SSSR count). The Kier molecular flexibility index (Phi) is 2.80. The molecule has 0 spiro atoms. The van der Waals surface area contributed by atoms with Gasteiger partial charge in [0.2, 0.25) is 10.0 Å². The van der Waals surface area contributed by atoms with E-state index in [1.807, 2.05) is 13.8 Å². The Bertz CT molecular complexity index is 559. The van der Waals surface area contributed by atoms with E-state index in [0.717, 1.165) is 17.8 Å². The van der Waals surface area contributed by atoms with Crippen LogP contribution in [0.5, 0.6) is 0 Å². The minimum absolute atomic E-state index is 0.00127. The van der Waals surface area contributed by atoms with Crippen molar-refractivity contribution in [1.82, 2.24) is 4.72 Å². The van der Waals surface area contributed by atoms with E-state index in [9.17, 15) is 13.2 Å². The lowest BCUT2D eigenvalue weighted by atomic mass is 10.2. The molecular formula is C10H13NO4S2. The van der Waals surface area contributed by atoms with Crippen LogP contribution in [0.1, 0.15) is 29.9 Å². The molecule has 1 aliphatic carbocycles. The van der Waals surface area contributed by atoms with E-state index in [-0.39, 0.29) is 21.2 Å². The highest BCUT2D eigenvalue weighted by Crippen LogP contribution is 2.45. The maximum Gasteiger partial charge on any atom is 0.345 e. The lowest BCUT2D eigenvalue weighted by Gasteiger charge is -2.06. The van der Waals surface area contributed by atoms with Gasteiger partial charge in [0.1, 0.15) is 4.88 Å². The molecule has 0 saturated heterocycles. The van der Waals surface area contributed by atoms with Crippen molar-refractivity contribution in [1.29, 1.82) is 0 Å². The number of thiophene rings is 1. The molecule has 1 aromatic rings. The highest BCUT2D eigenvalue weighted by Gasteiger charge is 2.47. The van der Waals surface area contributed by atoms with Crippen molar-refractivity contribution >= 4 is 27.3 Å². The summed E-state index contributed by atoms with van der Waals surface area (Å²) < 4.78 is 26.4. The van der Waals surface area contributed by atoms with Crippen LogP contribution < -0.4 is 4.72 Å². The number of hydrogen-bond acceptors (Lipinski definition) is 4. The maximum absolute atomic E-state index is 11.9. The zero-order chi connectivity index (χ0) is 12.8. The fraction of sp³-hybridized carbons (Fsp3) is 0.500. The van der Waals surface area contributed by atoms with Crippen LogP contribution in [-0.2, 0) is 10.0 Å². The number of carboxylic acids is 1. The standard InChI is InChI=1S/C10H13NO4S2/c1-10(2)4-8(10)11-17(14,15)6-3-7(9(12)13)16-5-6/h3,5,8,11H,4H2,1-2H3,(H,12,13). The van der Waals surface area contributed by atoms with Crippen LogP contribution in [0.25, 0.3) is 0 Å². The van der Waals surface area contributed by atoms with Crippen molar-refractivity contribution in [2.75, 3.05) is 0 Å².